The standard InChI is InChI=1S/C9H7.C8H6N.C2H6Si.CH3.2ClH.Ti/c1-2-5-9-7-3-6-8(9)4-1;1-2-4-8-7(3-1)5-6-9-8;1-3-2;;;;/h1-7H;1-5,9H;1-2H3;1H3;2*1H;/q2*-1;;-1;;;+3. The Morgan fingerprint density at radius 2 is 1.44 bits per heavy atom. The van der Waals surface area contributed by atoms with Crippen LogP contribution in [0, 0.1) is 13.6 Å². The van der Waals surface area contributed by atoms with Crippen LogP contribution in [0.4, 0.5) is 0 Å². The van der Waals surface area contributed by atoms with Gasteiger partial charge in [0.1, 0.15) is 0 Å². The van der Waals surface area contributed by atoms with Crippen LogP contribution >= 0.6 is 24.8 Å². The molecule has 1 nitrogen and oxygen atoms in total. The third-order valence-electron chi connectivity index (χ3n) is 2.94. The van der Waals surface area contributed by atoms with Gasteiger partial charge in [-0.1, -0.05) is 31.3 Å². The van der Waals surface area contributed by atoms with E-state index in [0.717, 1.165) is 15.0 Å². The number of para-hydroxylation sites is 1. The molecule has 4 rings (SSSR count). The van der Waals surface area contributed by atoms with Crippen LogP contribution < -0.4 is 0 Å². The molecular weight excluding hydrogens is 401 g/mol. The molecule has 1 heterocycles. The summed E-state index contributed by atoms with van der Waals surface area (Å²) in [6, 6.07) is 24.7. The van der Waals surface area contributed by atoms with Gasteiger partial charge in [-0.3, -0.25) is 0 Å². The van der Waals surface area contributed by atoms with E-state index in [4.69, 9.17) is 0 Å². The number of nitrogens with one attached hydrogen (secondary N) is 1. The summed E-state index contributed by atoms with van der Waals surface area (Å²) < 4.78 is 0. The fourth-order valence-corrected chi connectivity index (χ4v) is 2.00. The van der Waals surface area contributed by atoms with E-state index in [-0.39, 0.29) is 54.0 Å². The Kier molecular flexibility index (Phi) is 19.1. The van der Waals surface area contributed by atoms with Crippen molar-refractivity contribution in [2.75, 3.05) is 0 Å². The fraction of sp³-hybridized carbons (Fsp3) is 0.100. The van der Waals surface area contributed by atoms with Gasteiger partial charge in [0, 0.05) is 9.52 Å². The first kappa shape index (κ1) is 28.9. The summed E-state index contributed by atoms with van der Waals surface area (Å²) in [5.41, 5.74) is 1.15. The first-order valence-electron chi connectivity index (χ1n) is 6.98. The molecule has 0 aliphatic heterocycles. The van der Waals surface area contributed by atoms with Gasteiger partial charge < -0.3 is 12.4 Å². The zero-order valence-electron chi connectivity index (χ0n) is 14.7. The maximum atomic E-state index is 2.99. The summed E-state index contributed by atoms with van der Waals surface area (Å²) in [7, 11) is 1.08. The minimum atomic E-state index is 0. The van der Waals surface area contributed by atoms with E-state index < -0.39 is 0 Å². The topological polar surface area (TPSA) is 15.8 Å². The summed E-state index contributed by atoms with van der Waals surface area (Å²) >= 11 is 0. The molecule has 0 atom stereocenters. The molecule has 1 N–H and O–H groups in total. The summed E-state index contributed by atoms with van der Waals surface area (Å²) in [4.78, 5) is 2.99. The summed E-state index contributed by atoms with van der Waals surface area (Å²) in [6.07, 6.45) is 2.91. The Bertz CT molecular complexity index is 657. The molecule has 3 aromatic carbocycles. The molecule has 0 bridgehead atoms. The van der Waals surface area contributed by atoms with Gasteiger partial charge in [0.25, 0.3) is 0 Å². The molecule has 0 fully saturated rings. The van der Waals surface area contributed by atoms with E-state index >= 15 is 0 Å². The van der Waals surface area contributed by atoms with Crippen molar-refractivity contribution in [2.24, 2.45) is 0 Å². The molecule has 0 aliphatic carbocycles. The Morgan fingerprint density at radius 3 is 2.04 bits per heavy atom. The third kappa shape index (κ3) is 9.39. The molecule has 5 heteroatoms. The van der Waals surface area contributed by atoms with Crippen LogP contribution in [0.2, 0.25) is 13.1 Å². The van der Waals surface area contributed by atoms with Crippen molar-refractivity contribution >= 4 is 56.0 Å². The van der Waals surface area contributed by atoms with Crippen LogP contribution in [0.25, 0.3) is 21.7 Å². The molecule has 3 radical (unpaired) electrons. The van der Waals surface area contributed by atoms with Gasteiger partial charge in [0.05, 0.1) is 0 Å². The maximum absolute atomic E-state index is 2.99. The van der Waals surface area contributed by atoms with E-state index in [9.17, 15) is 0 Å². The van der Waals surface area contributed by atoms with Crippen LogP contribution in [-0.2, 0) is 21.7 Å². The van der Waals surface area contributed by atoms with Crippen molar-refractivity contribution in [2.45, 2.75) is 13.1 Å². The molecule has 0 spiro atoms. The number of fused-ring (bicyclic) bond motifs is 2. The van der Waals surface area contributed by atoms with Crippen molar-refractivity contribution in [3.8, 4) is 0 Å². The smallest absolute Gasteiger partial charge is 0.477 e. The van der Waals surface area contributed by atoms with Crippen LogP contribution in [0.15, 0.2) is 72.8 Å². The van der Waals surface area contributed by atoms with E-state index in [1.807, 2.05) is 24.3 Å². The van der Waals surface area contributed by atoms with Crippen LogP contribution in [0.1, 0.15) is 0 Å². The van der Waals surface area contributed by atoms with Gasteiger partial charge in [-0.15, -0.1) is 78.3 Å². The molecule has 0 unspecified atom stereocenters. The molecule has 0 saturated heterocycles. The quantitative estimate of drug-likeness (QED) is 0.241. The van der Waals surface area contributed by atoms with Gasteiger partial charge in [-0.05, 0) is 0 Å². The molecular formula is C20H24Cl2NSiTi. The number of hydrogen-bond donors (Lipinski definition) is 1. The molecule has 25 heavy (non-hydrogen) atoms. The predicted octanol–water partition coefficient (Wildman–Crippen LogP) is 6.60. The summed E-state index contributed by atoms with van der Waals surface area (Å²) in [5, 5.41) is 3.88. The zero-order chi connectivity index (χ0) is 14.9. The summed E-state index contributed by atoms with van der Waals surface area (Å²) in [5.74, 6) is 0. The molecule has 4 aromatic rings. The van der Waals surface area contributed by atoms with Crippen molar-refractivity contribution in [1.29, 1.82) is 0 Å². The van der Waals surface area contributed by atoms with Gasteiger partial charge in [0.2, 0.25) is 0 Å². The minimum Gasteiger partial charge on any atom is -0.477 e. The second-order valence-electron chi connectivity index (χ2n) is 4.66. The van der Waals surface area contributed by atoms with Crippen molar-refractivity contribution in [1.82, 2.24) is 4.98 Å². The number of hydrogen-bond acceptors (Lipinski definition) is 0. The second-order valence-corrected chi connectivity index (χ2v) is 5.66. The molecule has 0 amide bonds. The van der Waals surface area contributed by atoms with Gasteiger partial charge in [0.15, 0.2) is 0 Å². The first-order chi connectivity index (χ1) is 10.3. The van der Waals surface area contributed by atoms with Gasteiger partial charge in [-0.25, -0.2) is 0 Å². The average molecular weight is 425 g/mol. The van der Waals surface area contributed by atoms with Gasteiger partial charge in [-0.2, -0.15) is 29.0 Å². The molecule has 1 aromatic heterocycles. The van der Waals surface area contributed by atoms with Gasteiger partial charge >= 0.3 is 21.7 Å². The second kappa shape index (κ2) is 16.6. The van der Waals surface area contributed by atoms with Crippen LogP contribution in [0.5, 0.6) is 0 Å². The molecule has 131 valence electrons. The van der Waals surface area contributed by atoms with Crippen molar-refractivity contribution < 1.29 is 21.7 Å². The summed E-state index contributed by atoms with van der Waals surface area (Å²) in [6.45, 7) is 4.31. The average Bonchev–Trinajstić information content (AvgIpc) is 3.17. The zero-order valence-corrected chi connectivity index (χ0v) is 18.9. The van der Waals surface area contributed by atoms with Crippen LogP contribution in [-0.4, -0.2) is 14.5 Å². The van der Waals surface area contributed by atoms with E-state index in [1.165, 1.54) is 16.2 Å². The third-order valence-corrected chi connectivity index (χ3v) is 2.94. The SMILES string of the molecule is C[Si]C.Cl.Cl.[CH3-].[Ti+3].[c-]1cc2ccccc2[nH]1.c1ccc2[cH-]ccc2c1. The Labute approximate surface area is 181 Å². The number of rotatable bonds is 0. The largest absolute Gasteiger partial charge is 3.00 e. The normalized spacial score (nSPS) is 8.08. The fourth-order valence-electron chi connectivity index (χ4n) is 2.00. The maximum Gasteiger partial charge on any atom is 3.00 e. The van der Waals surface area contributed by atoms with Crippen LogP contribution in [0.3, 0.4) is 0 Å². The van der Waals surface area contributed by atoms with E-state index in [0.29, 0.717) is 0 Å². The van der Waals surface area contributed by atoms with Crippen molar-refractivity contribution in [3.63, 3.8) is 0 Å². The van der Waals surface area contributed by atoms with E-state index in [2.05, 4.69) is 72.8 Å². The minimum absolute atomic E-state index is 0. The number of aromatic nitrogens is 1. The number of benzene rings is 2. The number of halogens is 2. The monoisotopic (exact) mass is 424 g/mol. The van der Waals surface area contributed by atoms with Crippen molar-refractivity contribution in [3.05, 3.63) is 86.4 Å². The number of aromatic amines is 1. The molecule has 0 aliphatic rings. The van der Waals surface area contributed by atoms with E-state index in [1.54, 1.807) is 0 Å². The Hall–Kier alpha value is -0.899. The predicted molar refractivity (Wildman–Crippen MR) is 115 cm³/mol. The Balaban J connectivity index is -0.000000295. The number of H-pyrrole nitrogens is 1. The molecule has 0 saturated carbocycles. The first-order valence-corrected chi connectivity index (χ1v) is 8.98. The Morgan fingerprint density at radius 1 is 0.880 bits per heavy atom.